The molecule has 0 N–H and O–H groups in total. The van der Waals surface area contributed by atoms with Gasteiger partial charge in [-0.1, -0.05) is 63.9 Å². The van der Waals surface area contributed by atoms with Crippen molar-refractivity contribution in [3.05, 3.63) is 90.9 Å². The fraction of sp³-hybridized carbons (Fsp3) is 0.312. The van der Waals surface area contributed by atoms with Gasteiger partial charge in [0.25, 0.3) is 0 Å². The number of rotatable bonds is 6. The second-order valence-electron chi connectivity index (χ2n) is 12.1. The Labute approximate surface area is 243 Å². The van der Waals surface area contributed by atoms with Crippen LogP contribution in [0.5, 0.6) is 0 Å². The molecule has 4 aromatic carbocycles. The summed E-state index contributed by atoms with van der Waals surface area (Å²) < 4.78 is 9.74. The van der Waals surface area contributed by atoms with Crippen molar-refractivity contribution in [2.45, 2.75) is 52.4 Å². The number of ether oxygens (including phenoxy) is 2. The number of benzene rings is 4. The summed E-state index contributed by atoms with van der Waals surface area (Å²) in [6, 6.07) is 12.3. The molecule has 0 unspecified atom stereocenters. The van der Waals surface area contributed by atoms with Gasteiger partial charge in [0.05, 0.1) is 14.2 Å². The lowest BCUT2D eigenvalue weighted by molar-refractivity contribution is -0.136. The SMILES string of the molecule is COC(=O)/C(=C\c1cc2cc(C(C)(C)C)cc3c(/C=C(/N=[N+]=[N-])C(=O)OC)cc4cc(C(C)(C)C)cc1c4c23)N=[N+]=[N-]. The lowest BCUT2D eigenvalue weighted by atomic mass is 9.79. The van der Waals surface area contributed by atoms with Crippen molar-refractivity contribution in [1.82, 2.24) is 0 Å². The third kappa shape index (κ3) is 5.59. The van der Waals surface area contributed by atoms with Gasteiger partial charge in [-0.05, 0) is 113 Å². The Hall–Kier alpha value is -5.04. The second-order valence-corrected chi connectivity index (χ2v) is 12.1. The van der Waals surface area contributed by atoms with Crippen LogP contribution in [0, 0.1) is 0 Å². The third-order valence-corrected chi connectivity index (χ3v) is 7.24. The summed E-state index contributed by atoms with van der Waals surface area (Å²) in [5.74, 6) is -1.49. The Morgan fingerprint density at radius 2 is 1.02 bits per heavy atom. The van der Waals surface area contributed by atoms with E-state index in [-0.39, 0.29) is 22.2 Å². The molecule has 0 aliphatic rings. The van der Waals surface area contributed by atoms with Gasteiger partial charge in [0, 0.05) is 9.82 Å². The van der Waals surface area contributed by atoms with E-state index in [0.29, 0.717) is 11.1 Å². The molecule has 10 heteroatoms. The molecule has 4 aromatic rings. The van der Waals surface area contributed by atoms with E-state index < -0.39 is 11.9 Å². The van der Waals surface area contributed by atoms with Crippen LogP contribution in [0.15, 0.2) is 58.0 Å². The van der Waals surface area contributed by atoms with Crippen LogP contribution < -0.4 is 0 Å². The Bertz CT molecular complexity index is 1770. The van der Waals surface area contributed by atoms with Crippen molar-refractivity contribution in [2.24, 2.45) is 10.2 Å². The fourth-order valence-corrected chi connectivity index (χ4v) is 5.02. The fourth-order valence-electron chi connectivity index (χ4n) is 5.02. The summed E-state index contributed by atoms with van der Waals surface area (Å²) in [5.41, 5.74) is 20.9. The molecular weight excluding hydrogens is 532 g/mol. The number of azide groups is 2. The molecule has 0 fully saturated rings. The van der Waals surface area contributed by atoms with Crippen molar-refractivity contribution >= 4 is 56.4 Å². The van der Waals surface area contributed by atoms with E-state index in [1.807, 2.05) is 12.1 Å². The number of hydrogen-bond acceptors (Lipinski definition) is 6. The number of nitrogens with zero attached hydrogens (tertiary/aromatic N) is 6. The molecule has 0 bridgehead atoms. The van der Waals surface area contributed by atoms with Gasteiger partial charge in [0.2, 0.25) is 0 Å². The van der Waals surface area contributed by atoms with Crippen LogP contribution in [-0.2, 0) is 29.9 Å². The van der Waals surface area contributed by atoms with Crippen molar-refractivity contribution in [3.63, 3.8) is 0 Å². The summed E-state index contributed by atoms with van der Waals surface area (Å²) in [7, 11) is 2.47. The zero-order valence-electron chi connectivity index (χ0n) is 24.9. The smallest absolute Gasteiger partial charge is 0.340 e. The molecule has 0 aliphatic carbocycles. The summed E-state index contributed by atoms with van der Waals surface area (Å²) in [5, 5.41) is 12.6. The zero-order valence-corrected chi connectivity index (χ0v) is 24.9. The van der Waals surface area contributed by atoms with Gasteiger partial charge < -0.3 is 9.47 Å². The van der Waals surface area contributed by atoms with E-state index in [4.69, 9.17) is 20.5 Å². The first-order valence-corrected chi connectivity index (χ1v) is 13.2. The highest BCUT2D eigenvalue weighted by Gasteiger charge is 2.23. The first kappa shape index (κ1) is 29.9. The zero-order chi connectivity index (χ0) is 31.0. The minimum absolute atomic E-state index is 0.163. The molecular formula is C32H32N6O4. The van der Waals surface area contributed by atoms with E-state index in [0.717, 1.165) is 43.4 Å². The normalized spacial score (nSPS) is 12.8. The molecule has 0 aromatic heterocycles. The van der Waals surface area contributed by atoms with Crippen molar-refractivity contribution in [3.8, 4) is 0 Å². The van der Waals surface area contributed by atoms with E-state index >= 15 is 0 Å². The lowest BCUT2D eigenvalue weighted by Crippen LogP contribution is -2.12. The average Bonchev–Trinajstić information content (AvgIpc) is 2.93. The molecule has 0 saturated carbocycles. The van der Waals surface area contributed by atoms with Crippen molar-refractivity contribution in [2.75, 3.05) is 14.2 Å². The lowest BCUT2D eigenvalue weighted by Gasteiger charge is -2.25. The first-order valence-electron chi connectivity index (χ1n) is 13.2. The average molecular weight is 565 g/mol. The summed E-state index contributed by atoms with van der Waals surface area (Å²) in [6.07, 6.45) is 3.10. The molecule has 4 rings (SSSR count). The Morgan fingerprint density at radius 1 is 0.667 bits per heavy atom. The quantitative estimate of drug-likeness (QED) is 0.0573. The molecule has 10 nitrogen and oxygen atoms in total. The predicted molar refractivity (Wildman–Crippen MR) is 166 cm³/mol. The van der Waals surface area contributed by atoms with E-state index in [2.05, 4.69) is 85.9 Å². The maximum atomic E-state index is 12.5. The highest BCUT2D eigenvalue weighted by molar-refractivity contribution is 6.27. The van der Waals surface area contributed by atoms with Crippen LogP contribution in [0.3, 0.4) is 0 Å². The van der Waals surface area contributed by atoms with Gasteiger partial charge in [0.15, 0.2) is 0 Å². The highest BCUT2D eigenvalue weighted by Crippen LogP contribution is 2.43. The maximum Gasteiger partial charge on any atom is 0.340 e. The second kappa shape index (κ2) is 11.1. The molecule has 0 heterocycles. The highest BCUT2D eigenvalue weighted by atomic mass is 16.5. The third-order valence-electron chi connectivity index (χ3n) is 7.24. The standard InChI is InChI=1S/C32H32N6O4/c1-31(2,3)21-11-19-9-18(14-26(36-38-34)30(40)42-8)24-16-22(32(4,5)6)12-20-10-17(23(15-21)27(19)28(20)24)13-25(35-37-33)29(39)41-7/h9-16H,1-8H3/b25-13+,26-14+. The number of carbonyl (C=O) groups excluding carboxylic acids is 2. The molecule has 0 spiro atoms. The van der Waals surface area contributed by atoms with Gasteiger partial charge in [-0.15, -0.1) is 0 Å². The monoisotopic (exact) mass is 564 g/mol. The molecule has 0 saturated heterocycles. The molecule has 0 radical (unpaired) electrons. The minimum Gasteiger partial charge on any atom is -0.466 e. The minimum atomic E-state index is -0.745. The van der Waals surface area contributed by atoms with Crippen LogP contribution in [0.4, 0.5) is 0 Å². The maximum absolute atomic E-state index is 12.5. The summed E-state index contributed by atoms with van der Waals surface area (Å²) >= 11 is 0. The largest absolute Gasteiger partial charge is 0.466 e. The first-order chi connectivity index (χ1) is 19.7. The topological polar surface area (TPSA) is 150 Å². The van der Waals surface area contributed by atoms with E-state index in [1.165, 1.54) is 14.2 Å². The van der Waals surface area contributed by atoms with E-state index in [1.54, 1.807) is 12.2 Å². The Balaban J connectivity index is 2.31. The molecule has 0 atom stereocenters. The van der Waals surface area contributed by atoms with Crippen molar-refractivity contribution < 1.29 is 19.1 Å². The van der Waals surface area contributed by atoms with Crippen LogP contribution in [-0.4, -0.2) is 26.2 Å². The Kier molecular flexibility index (Phi) is 7.90. The van der Waals surface area contributed by atoms with Gasteiger partial charge in [0.1, 0.15) is 11.4 Å². The van der Waals surface area contributed by atoms with Gasteiger partial charge in [-0.3, -0.25) is 0 Å². The molecule has 0 aliphatic heterocycles. The van der Waals surface area contributed by atoms with Crippen LogP contribution in [0.25, 0.3) is 65.4 Å². The number of esters is 2. The summed E-state index contributed by atoms with van der Waals surface area (Å²) in [6.45, 7) is 12.6. The molecule has 214 valence electrons. The van der Waals surface area contributed by atoms with Gasteiger partial charge >= 0.3 is 11.9 Å². The number of methoxy groups -OCH3 is 2. The van der Waals surface area contributed by atoms with Crippen LogP contribution in [0.1, 0.15) is 63.8 Å². The molecule has 0 amide bonds. The van der Waals surface area contributed by atoms with Crippen LogP contribution in [0.2, 0.25) is 0 Å². The van der Waals surface area contributed by atoms with Crippen molar-refractivity contribution in [1.29, 1.82) is 0 Å². The predicted octanol–water partition coefficient (Wildman–Crippen LogP) is 8.83. The van der Waals surface area contributed by atoms with Crippen LogP contribution >= 0.6 is 0 Å². The van der Waals surface area contributed by atoms with Gasteiger partial charge in [-0.25, -0.2) is 9.59 Å². The number of carbonyl (C=O) groups is 2. The van der Waals surface area contributed by atoms with Gasteiger partial charge in [-0.2, -0.15) is 0 Å². The number of hydrogen-bond donors (Lipinski definition) is 0. The Morgan fingerprint density at radius 3 is 1.31 bits per heavy atom. The van der Waals surface area contributed by atoms with E-state index in [9.17, 15) is 9.59 Å². The molecule has 42 heavy (non-hydrogen) atoms. The summed E-state index contributed by atoms with van der Waals surface area (Å²) in [4.78, 5) is 30.6.